The number of thiazole rings is 1. The Bertz CT molecular complexity index is 912. The molecule has 1 N–H and O–H groups in total. The first-order valence-electron chi connectivity index (χ1n) is 9.02. The number of carbonyl (C=O) groups is 1. The maximum atomic E-state index is 12.1. The second kappa shape index (κ2) is 9.85. The van der Waals surface area contributed by atoms with Crippen molar-refractivity contribution in [2.24, 2.45) is 0 Å². The van der Waals surface area contributed by atoms with Gasteiger partial charge in [-0.3, -0.25) is 9.78 Å². The molecule has 146 valence electrons. The summed E-state index contributed by atoms with van der Waals surface area (Å²) in [6.45, 7) is 0.577. The molecule has 28 heavy (non-hydrogen) atoms. The fourth-order valence-electron chi connectivity index (χ4n) is 2.76. The van der Waals surface area contributed by atoms with E-state index in [4.69, 9.17) is 9.47 Å². The number of benzene rings is 1. The van der Waals surface area contributed by atoms with Crippen molar-refractivity contribution in [1.82, 2.24) is 15.3 Å². The van der Waals surface area contributed by atoms with Crippen LogP contribution in [0.1, 0.15) is 17.0 Å². The number of carbonyl (C=O) groups excluding carboxylic acids is 1. The molecule has 2 heterocycles. The lowest BCUT2D eigenvalue weighted by Gasteiger charge is -2.10. The van der Waals surface area contributed by atoms with Crippen LogP contribution >= 0.6 is 11.3 Å². The van der Waals surface area contributed by atoms with Crippen molar-refractivity contribution in [2.45, 2.75) is 19.3 Å². The quantitative estimate of drug-likeness (QED) is 0.598. The summed E-state index contributed by atoms with van der Waals surface area (Å²) in [7, 11) is 3.22. The van der Waals surface area contributed by atoms with Crippen LogP contribution in [0.15, 0.2) is 48.1 Å². The number of nitrogens with one attached hydrogen (secondary N) is 1. The fraction of sp³-hybridized carbons (Fsp3) is 0.286. The van der Waals surface area contributed by atoms with Gasteiger partial charge in [0.15, 0.2) is 11.5 Å². The second-order valence-corrected chi connectivity index (χ2v) is 7.10. The van der Waals surface area contributed by atoms with Gasteiger partial charge in [0.25, 0.3) is 0 Å². The van der Waals surface area contributed by atoms with Gasteiger partial charge in [0.05, 0.1) is 24.9 Å². The number of amides is 1. The summed E-state index contributed by atoms with van der Waals surface area (Å²) < 4.78 is 10.5. The van der Waals surface area contributed by atoms with E-state index < -0.39 is 0 Å². The Morgan fingerprint density at radius 2 is 2.00 bits per heavy atom. The number of nitrogens with zero attached hydrogens (tertiary/aromatic N) is 2. The first kappa shape index (κ1) is 19.8. The lowest BCUT2D eigenvalue weighted by molar-refractivity contribution is -0.121. The predicted octanol–water partition coefficient (Wildman–Crippen LogP) is 3.51. The van der Waals surface area contributed by atoms with Gasteiger partial charge in [-0.05, 0) is 36.2 Å². The molecule has 3 aromatic rings. The van der Waals surface area contributed by atoms with Crippen molar-refractivity contribution in [3.8, 4) is 22.8 Å². The zero-order valence-corrected chi connectivity index (χ0v) is 16.8. The minimum atomic E-state index is 0.0265. The third-order valence-electron chi connectivity index (χ3n) is 4.26. The summed E-state index contributed by atoms with van der Waals surface area (Å²) >= 11 is 1.57. The Hall–Kier alpha value is -2.93. The van der Waals surface area contributed by atoms with Crippen LogP contribution in [0.25, 0.3) is 11.3 Å². The number of hydrogen-bond acceptors (Lipinski definition) is 6. The molecule has 0 saturated heterocycles. The number of pyridine rings is 1. The summed E-state index contributed by atoms with van der Waals surface area (Å²) in [5.41, 5.74) is 2.98. The largest absolute Gasteiger partial charge is 0.493 e. The van der Waals surface area contributed by atoms with Gasteiger partial charge in [-0.1, -0.05) is 6.07 Å². The zero-order chi connectivity index (χ0) is 19.8. The van der Waals surface area contributed by atoms with E-state index in [9.17, 15) is 4.79 Å². The minimum Gasteiger partial charge on any atom is -0.493 e. The maximum absolute atomic E-state index is 12.1. The van der Waals surface area contributed by atoms with Crippen molar-refractivity contribution in [3.05, 3.63) is 58.7 Å². The van der Waals surface area contributed by atoms with E-state index in [2.05, 4.69) is 15.3 Å². The first-order valence-corrected chi connectivity index (χ1v) is 9.90. The standard InChI is InChI=1S/C21H23N3O3S/c1-26-18-6-5-15(12-19(18)27-2)9-11-23-20(25)7-8-21-24-17(14-28-21)16-4-3-10-22-13-16/h3-6,10,12-14H,7-9,11H2,1-2H3,(H,23,25). The molecule has 0 bridgehead atoms. The van der Waals surface area contributed by atoms with Crippen molar-refractivity contribution >= 4 is 17.2 Å². The highest BCUT2D eigenvalue weighted by atomic mass is 32.1. The topological polar surface area (TPSA) is 73.3 Å². The smallest absolute Gasteiger partial charge is 0.220 e. The Morgan fingerprint density at radius 1 is 1.14 bits per heavy atom. The zero-order valence-electron chi connectivity index (χ0n) is 16.0. The average molecular weight is 398 g/mol. The van der Waals surface area contributed by atoms with Crippen LogP contribution in [-0.4, -0.2) is 36.6 Å². The van der Waals surface area contributed by atoms with Crippen molar-refractivity contribution < 1.29 is 14.3 Å². The third-order valence-corrected chi connectivity index (χ3v) is 5.17. The van der Waals surface area contributed by atoms with Gasteiger partial charge in [0, 0.05) is 42.7 Å². The molecule has 1 amide bonds. The third kappa shape index (κ3) is 5.29. The molecule has 0 aliphatic carbocycles. The molecule has 0 aliphatic rings. The first-order chi connectivity index (χ1) is 13.7. The van der Waals surface area contributed by atoms with Crippen LogP contribution in [0.4, 0.5) is 0 Å². The molecule has 7 heteroatoms. The van der Waals surface area contributed by atoms with Gasteiger partial charge in [-0.15, -0.1) is 11.3 Å². The Balaban J connectivity index is 1.43. The van der Waals surface area contributed by atoms with Crippen LogP contribution < -0.4 is 14.8 Å². The maximum Gasteiger partial charge on any atom is 0.220 e. The summed E-state index contributed by atoms with van der Waals surface area (Å²) in [4.78, 5) is 20.8. The van der Waals surface area contributed by atoms with Crippen molar-refractivity contribution in [1.29, 1.82) is 0 Å². The van der Waals surface area contributed by atoms with Gasteiger partial charge in [0.2, 0.25) is 5.91 Å². The molecular formula is C21H23N3O3S. The molecule has 6 nitrogen and oxygen atoms in total. The van der Waals surface area contributed by atoms with Crippen LogP contribution in [0.3, 0.4) is 0 Å². The highest BCUT2D eigenvalue weighted by Gasteiger charge is 2.08. The number of aromatic nitrogens is 2. The van der Waals surface area contributed by atoms with Gasteiger partial charge < -0.3 is 14.8 Å². The number of ether oxygens (including phenoxy) is 2. The van der Waals surface area contributed by atoms with Gasteiger partial charge in [0.1, 0.15) is 0 Å². The van der Waals surface area contributed by atoms with E-state index in [0.717, 1.165) is 28.2 Å². The van der Waals surface area contributed by atoms with Crippen LogP contribution in [-0.2, 0) is 17.6 Å². The Kier molecular flexibility index (Phi) is 6.97. The molecular weight excluding hydrogens is 374 g/mol. The summed E-state index contributed by atoms with van der Waals surface area (Å²) in [5.74, 6) is 1.42. The molecule has 1 aromatic carbocycles. The lowest BCUT2D eigenvalue weighted by Crippen LogP contribution is -2.25. The van der Waals surface area contributed by atoms with Gasteiger partial charge in [-0.25, -0.2) is 4.98 Å². The van der Waals surface area contributed by atoms with E-state index in [1.807, 2.05) is 35.7 Å². The van der Waals surface area contributed by atoms with E-state index in [1.165, 1.54) is 0 Å². The summed E-state index contributed by atoms with van der Waals surface area (Å²) in [5, 5.41) is 5.92. The predicted molar refractivity (Wildman–Crippen MR) is 110 cm³/mol. The molecule has 0 unspecified atom stereocenters. The molecule has 0 spiro atoms. The normalized spacial score (nSPS) is 10.5. The van der Waals surface area contributed by atoms with Crippen molar-refractivity contribution in [3.63, 3.8) is 0 Å². The van der Waals surface area contributed by atoms with Crippen LogP contribution in [0, 0.1) is 0 Å². The molecule has 2 aromatic heterocycles. The summed E-state index contributed by atoms with van der Waals surface area (Å²) in [6, 6.07) is 9.65. The fourth-order valence-corrected chi connectivity index (χ4v) is 3.57. The van der Waals surface area contributed by atoms with E-state index in [0.29, 0.717) is 30.9 Å². The molecule has 0 aliphatic heterocycles. The highest BCUT2D eigenvalue weighted by molar-refractivity contribution is 7.09. The molecule has 0 atom stereocenters. The monoisotopic (exact) mass is 397 g/mol. The Morgan fingerprint density at radius 3 is 2.75 bits per heavy atom. The molecule has 0 radical (unpaired) electrons. The van der Waals surface area contributed by atoms with Gasteiger partial charge >= 0.3 is 0 Å². The molecule has 0 fully saturated rings. The number of rotatable bonds is 9. The molecule has 0 saturated carbocycles. The van der Waals surface area contributed by atoms with E-state index in [-0.39, 0.29) is 5.91 Å². The minimum absolute atomic E-state index is 0.0265. The second-order valence-electron chi connectivity index (χ2n) is 6.16. The van der Waals surface area contributed by atoms with Gasteiger partial charge in [-0.2, -0.15) is 0 Å². The SMILES string of the molecule is COc1ccc(CCNC(=O)CCc2nc(-c3cccnc3)cs2)cc1OC. The van der Waals surface area contributed by atoms with Crippen LogP contribution in [0.5, 0.6) is 11.5 Å². The van der Waals surface area contributed by atoms with Crippen LogP contribution in [0.2, 0.25) is 0 Å². The van der Waals surface area contributed by atoms with Crippen molar-refractivity contribution in [2.75, 3.05) is 20.8 Å². The highest BCUT2D eigenvalue weighted by Crippen LogP contribution is 2.27. The lowest BCUT2D eigenvalue weighted by atomic mass is 10.1. The van der Waals surface area contributed by atoms with E-state index >= 15 is 0 Å². The number of hydrogen-bond donors (Lipinski definition) is 1. The Labute approximate surface area is 168 Å². The van der Waals surface area contributed by atoms with E-state index in [1.54, 1.807) is 38.0 Å². The number of aryl methyl sites for hydroxylation is 1. The summed E-state index contributed by atoms with van der Waals surface area (Å²) in [6.07, 6.45) is 5.32. The average Bonchev–Trinajstić information content (AvgIpc) is 3.22. The molecule has 3 rings (SSSR count). The number of methoxy groups -OCH3 is 2.